The van der Waals surface area contributed by atoms with E-state index in [4.69, 9.17) is 0 Å². The minimum atomic E-state index is -0.134. The maximum atomic E-state index is 11.7. The molecule has 1 atom stereocenters. The molecule has 0 spiro atoms. The highest BCUT2D eigenvalue weighted by Crippen LogP contribution is 2.22. The quantitative estimate of drug-likeness (QED) is 0.779. The van der Waals surface area contributed by atoms with Gasteiger partial charge in [-0.3, -0.25) is 4.79 Å². The first kappa shape index (κ1) is 11.4. The molecule has 18 heavy (non-hydrogen) atoms. The van der Waals surface area contributed by atoms with Crippen molar-refractivity contribution in [3.05, 3.63) is 29.8 Å². The van der Waals surface area contributed by atoms with Gasteiger partial charge in [0.2, 0.25) is 0 Å². The van der Waals surface area contributed by atoms with Crippen LogP contribution in [0.4, 0.5) is 0 Å². The van der Waals surface area contributed by atoms with Crippen molar-refractivity contribution in [3.63, 3.8) is 0 Å². The average molecular weight is 263 g/mol. The number of carbonyl (C=O) groups excluding carboxylic acids is 1. The molecule has 5 nitrogen and oxygen atoms in total. The van der Waals surface area contributed by atoms with Crippen LogP contribution < -0.4 is 5.43 Å². The van der Waals surface area contributed by atoms with Gasteiger partial charge in [0.05, 0.1) is 0 Å². The molecule has 0 saturated carbocycles. The van der Waals surface area contributed by atoms with Gasteiger partial charge in [0.15, 0.2) is 5.84 Å². The molecule has 1 amide bonds. The molecule has 1 saturated heterocycles. The van der Waals surface area contributed by atoms with Crippen molar-refractivity contribution >= 4 is 23.5 Å². The van der Waals surface area contributed by atoms with Crippen LogP contribution in [0.3, 0.4) is 0 Å². The highest BCUT2D eigenvalue weighted by Gasteiger charge is 2.34. The topological polar surface area (TPSA) is 64.9 Å². The molecular weight excluding hydrogens is 250 g/mol. The number of nitrogens with zero attached hydrogens (tertiary/aromatic N) is 2. The van der Waals surface area contributed by atoms with E-state index in [1.807, 2.05) is 17.0 Å². The van der Waals surface area contributed by atoms with Crippen molar-refractivity contribution in [1.29, 1.82) is 0 Å². The van der Waals surface area contributed by atoms with Gasteiger partial charge >= 0.3 is 0 Å². The number of thioether (sulfide) groups is 1. The van der Waals surface area contributed by atoms with E-state index in [1.165, 1.54) is 0 Å². The number of amidine groups is 1. The van der Waals surface area contributed by atoms with Gasteiger partial charge in [0.25, 0.3) is 5.91 Å². The Morgan fingerprint density at radius 3 is 2.94 bits per heavy atom. The third kappa shape index (κ3) is 1.92. The molecule has 2 aliphatic rings. The second kappa shape index (κ2) is 4.53. The number of hydrogen-bond donors (Lipinski definition) is 2. The smallest absolute Gasteiger partial charge is 0.263 e. The molecule has 1 unspecified atom stereocenters. The fourth-order valence-electron chi connectivity index (χ4n) is 2.16. The van der Waals surface area contributed by atoms with Crippen molar-refractivity contribution in [2.24, 2.45) is 5.10 Å². The Hall–Kier alpha value is -1.69. The summed E-state index contributed by atoms with van der Waals surface area (Å²) in [5.41, 5.74) is 3.48. The fourth-order valence-corrected chi connectivity index (χ4v) is 3.21. The molecule has 6 heteroatoms. The molecule has 94 valence electrons. The van der Waals surface area contributed by atoms with E-state index in [2.05, 4.69) is 10.5 Å². The SMILES string of the molecule is O=C1NN=C(c2ccc(O)cc2)N2CCSCC12. The maximum Gasteiger partial charge on any atom is 0.263 e. The maximum absolute atomic E-state index is 11.7. The van der Waals surface area contributed by atoms with E-state index < -0.39 is 0 Å². The number of phenolic OH excluding ortho intramolecular Hbond substituents is 1. The lowest BCUT2D eigenvalue weighted by Gasteiger charge is -2.38. The van der Waals surface area contributed by atoms with E-state index in [0.717, 1.165) is 29.4 Å². The Labute approximate surface area is 109 Å². The number of nitrogens with one attached hydrogen (secondary N) is 1. The second-order valence-electron chi connectivity index (χ2n) is 4.24. The lowest BCUT2D eigenvalue weighted by Crippen LogP contribution is -2.57. The molecule has 2 aliphatic heterocycles. The van der Waals surface area contributed by atoms with Crippen molar-refractivity contribution < 1.29 is 9.90 Å². The molecule has 0 aromatic heterocycles. The molecule has 1 aromatic carbocycles. The van der Waals surface area contributed by atoms with Crippen LogP contribution in [-0.4, -0.2) is 45.8 Å². The van der Waals surface area contributed by atoms with Gasteiger partial charge in [-0.15, -0.1) is 0 Å². The number of rotatable bonds is 1. The minimum absolute atomic E-state index is 0.0373. The Morgan fingerprint density at radius 2 is 2.17 bits per heavy atom. The van der Waals surface area contributed by atoms with E-state index in [9.17, 15) is 9.90 Å². The van der Waals surface area contributed by atoms with Crippen LogP contribution in [0, 0.1) is 0 Å². The van der Waals surface area contributed by atoms with E-state index in [1.54, 1.807) is 23.9 Å². The van der Waals surface area contributed by atoms with Gasteiger partial charge in [-0.2, -0.15) is 16.9 Å². The normalized spacial score (nSPS) is 23.1. The standard InChI is InChI=1S/C12H13N3O2S/c16-9-3-1-8(2-4-9)11-13-14-12(17)10-7-18-6-5-15(10)11/h1-4,10,16H,5-7H2,(H,14,17). The van der Waals surface area contributed by atoms with Gasteiger partial charge in [-0.25, -0.2) is 5.43 Å². The zero-order valence-corrected chi connectivity index (χ0v) is 10.5. The Bertz CT molecular complexity index is 501. The van der Waals surface area contributed by atoms with E-state index in [0.29, 0.717) is 0 Å². The molecule has 0 aliphatic carbocycles. The highest BCUT2D eigenvalue weighted by atomic mass is 32.2. The summed E-state index contributed by atoms with van der Waals surface area (Å²) >= 11 is 1.79. The van der Waals surface area contributed by atoms with Crippen LogP contribution in [-0.2, 0) is 4.79 Å². The summed E-state index contributed by atoms with van der Waals surface area (Å²) in [5, 5.41) is 13.4. The number of benzene rings is 1. The van der Waals surface area contributed by atoms with Crippen LogP contribution in [0.1, 0.15) is 5.56 Å². The van der Waals surface area contributed by atoms with Gasteiger partial charge in [-0.1, -0.05) is 0 Å². The van der Waals surface area contributed by atoms with E-state index >= 15 is 0 Å². The minimum Gasteiger partial charge on any atom is -0.508 e. The molecule has 2 heterocycles. The van der Waals surface area contributed by atoms with Crippen LogP contribution in [0.2, 0.25) is 0 Å². The van der Waals surface area contributed by atoms with E-state index in [-0.39, 0.29) is 17.7 Å². The average Bonchev–Trinajstić information content (AvgIpc) is 2.41. The van der Waals surface area contributed by atoms with Crippen molar-refractivity contribution in [3.8, 4) is 5.75 Å². The summed E-state index contributed by atoms with van der Waals surface area (Å²) in [6, 6.07) is 6.74. The molecule has 1 fully saturated rings. The summed E-state index contributed by atoms with van der Waals surface area (Å²) in [5.74, 6) is 2.76. The van der Waals surface area contributed by atoms with Gasteiger partial charge in [0, 0.05) is 23.6 Å². The van der Waals surface area contributed by atoms with Crippen molar-refractivity contribution in [2.75, 3.05) is 18.1 Å². The molecule has 0 radical (unpaired) electrons. The predicted octanol–water partition coefficient (Wildman–Crippen LogP) is 0.601. The van der Waals surface area contributed by atoms with Crippen LogP contribution in [0.5, 0.6) is 5.75 Å². The van der Waals surface area contributed by atoms with Crippen LogP contribution >= 0.6 is 11.8 Å². The monoisotopic (exact) mass is 263 g/mol. The highest BCUT2D eigenvalue weighted by molar-refractivity contribution is 7.99. The number of fused-ring (bicyclic) bond motifs is 1. The number of aromatic hydroxyl groups is 1. The zero-order valence-electron chi connectivity index (χ0n) is 9.67. The lowest BCUT2D eigenvalue weighted by atomic mass is 10.1. The summed E-state index contributed by atoms with van der Waals surface area (Å²) < 4.78 is 0. The van der Waals surface area contributed by atoms with Crippen molar-refractivity contribution in [2.45, 2.75) is 6.04 Å². The largest absolute Gasteiger partial charge is 0.508 e. The van der Waals surface area contributed by atoms with Crippen LogP contribution in [0.25, 0.3) is 0 Å². The molecule has 3 rings (SSSR count). The number of hydrazone groups is 1. The molecule has 0 bridgehead atoms. The Balaban J connectivity index is 1.95. The first-order valence-corrected chi connectivity index (χ1v) is 6.92. The molecular formula is C12H13N3O2S. The Morgan fingerprint density at radius 1 is 1.39 bits per heavy atom. The number of carbonyl (C=O) groups is 1. The summed E-state index contributed by atoms with van der Waals surface area (Å²) in [6.07, 6.45) is 0. The molecule has 2 N–H and O–H groups in total. The third-order valence-corrected chi connectivity index (χ3v) is 4.12. The predicted molar refractivity (Wildman–Crippen MR) is 70.6 cm³/mol. The summed E-state index contributed by atoms with van der Waals surface area (Å²) in [6.45, 7) is 0.822. The number of amides is 1. The van der Waals surface area contributed by atoms with Gasteiger partial charge in [0.1, 0.15) is 11.8 Å². The third-order valence-electron chi connectivity index (χ3n) is 3.10. The zero-order chi connectivity index (χ0) is 12.5. The fraction of sp³-hybridized carbons (Fsp3) is 0.333. The van der Waals surface area contributed by atoms with Gasteiger partial charge in [-0.05, 0) is 24.3 Å². The molecule has 1 aromatic rings. The van der Waals surface area contributed by atoms with Gasteiger partial charge < -0.3 is 10.0 Å². The first-order chi connectivity index (χ1) is 8.75. The lowest BCUT2D eigenvalue weighted by molar-refractivity contribution is -0.125. The second-order valence-corrected chi connectivity index (χ2v) is 5.39. The Kier molecular flexibility index (Phi) is 2.87. The van der Waals surface area contributed by atoms with Crippen molar-refractivity contribution in [1.82, 2.24) is 10.3 Å². The first-order valence-electron chi connectivity index (χ1n) is 5.77. The summed E-state index contributed by atoms with van der Waals surface area (Å²) in [4.78, 5) is 13.8. The number of hydrogen-bond acceptors (Lipinski definition) is 5. The van der Waals surface area contributed by atoms with Crippen LogP contribution in [0.15, 0.2) is 29.4 Å². The number of phenols is 1. The summed E-state index contributed by atoms with van der Waals surface area (Å²) in [7, 11) is 0.